The Hall–Kier alpha value is -1.23. The average molecular weight is 316 g/mol. The Morgan fingerprint density at radius 1 is 1.56 bits per heavy atom. The van der Waals surface area contributed by atoms with Gasteiger partial charge in [-0.25, -0.2) is 0 Å². The smallest absolute Gasteiger partial charge is 0.257 e. The first-order valence-electron chi connectivity index (χ1n) is 5.72. The molecule has 0 radical (unpaired) electrons. The van der Waals surface area contributed by atoms with Crippen molar-refractivity contribution in [3.63, 3.8) is 0 Å². The molecule has 1 aromatic rings. The largest absolute Gasteiger partial charge is 0.507 e. The van der Waals surface area contributed by atoms with Gasteiger partial charge in [-0.1, -0.05) is 22.9 Å². The predicted octanol–water partition coefficient (Wildman–Crippen LogP) is 2.65. The highest BCUT2D eigenvalue weighted by atomic mass is 79.9. The average Bonchev–Trinajstić information content (AvgIpc) is 2.34. The second-order valence-electron chi connectivity index (χ2n) is 4.18. The van der Waals surface area contributed by atoms with E-state index < -0.39 is 0 Å². The van der Waals surface area contributed by atoms with E-state index in [9.17, 15) is 9.90 Å². The molecule has 1 atom stereocenters. The highest BCUT2D eigenvalue weighted by molar-refractivity contribution is 9.09. The zero-order chi connectivity index (χ0) is 13.7. The number of ether oxygens (including phenoxy) is 1. The van der Waals surface area contributed by atoms with E-state index in [2.05, 4.69) is 15.9 Å². The van der Waals surface area contributed by atoms with E-state index in [0.717, 1.165) is 6.42 Å². The van der Waals surface area contributed by atoms with Gasteiger partial charge in [-0.05, 0) is 18.6 Å². The number of carbonyl (C=O) groups excluding carboxylic acids is 1. The fourth-order valence-corrected chi connectivity index (χ4v) is 1.70. The van der Waals surface area contributed by atoms with E-state index in [0.29, 0.717) is 22.7 Å². The number of carbonyl (C=O) groups is 1. The summed E-state index contributed by atoms with van der Waals surface area (Å²) >= 11 is 3.44. The standard InChI is InChI=1S/C13H18BrNO3/c1-9(14)6-7-15(2)13(17)11-5-4-10(18-3)8-12(11)16/h4-5,8-9,16H,6-7H2,1-3H3. The number of methoxy groups -OCH3 is 1. The van der Waals surface area contributed by atoms with Crippen molar-refractivity contribution in [3.05, 3.63) is 23.8 Å². The molecule has 0 saturated carbocycles. The minimum absolute atomic E-state index is 0.0573. The maximum Gasteiger partial charge on any atom is 0.257 e. The molecule has 0 heterocycles. The number of alkyl halides is 1. The van der Waals surface area contributed by atoms with Crippen LogP contribution < -0.4 is 4.74 Å². The maximum atomic E-state index is 12.1. The Balaban J connectivity index is 2.77. The summed E-state index contributed by atoms with van der Waals surface area (Å²) in [7, 11) is 3.24. The molecule has 4 nitrogen and oxygen atoms in total. The molecular formula is C13H18BrNO3. The van der Waals surface area contributed by atoms with Crippen molar-refractivity contribution in [1.29, 1.82) is 0 Å². The normalized spacial score (nSPS) is 12.0. The van der Waals surface area contributed by atoms with Gasteiger partial charge in [-0.2, -0.15) is 0 Å². The lowest BCUT2D eigenvalue weighted by Crippen LogP contribution is -2.28. The second kappa shape index (κ2) is 6.64. The molecule has 18 heavy (non-hydrogen) atoms. The third-order valence-electron chi connectivity index (χ3n) is 2.64. The van der Waals surface area contributed by atoms with Gasteiger partial charge in [0.15, 0.2) is 0 Å². The van der Waals surface area contributed by atoms with Crippen LogP contribution in [0.1, 0.15) is 23.7 Å². The fourth-order valence-electron chi connectivity index (χ4n) is 1.50. The van der Waals surface area contributed by atoms with Crippen molar-refractivity contribution >= 4 is 21.8 Å². The molecule has 1 amide bonds. The second-order valence-corrected chi connectivity index (χ2v) is 5.74. The van der Waals surface area contributed by atoms with Crippen molar-refractivity contribution < 1.29 is 14.6 Å². The lowest BCUT2D eigenvalue weighted by molar-refractivity contribution is 0.0791. The zero-order valence-corrected chi connectivity index (χ0v) is 12.4. The Morgan fingerprint density at radius 3 is 2.72 bits per heavy atom. The fraction of sp³-hybridized carbons (Fsp3) is 0.462. The van der Waals surface area contributed by atoms with Gasteiger partial charge >= 0.3 is 0 Å². The number of rotatable bonds is 5. The quantitative estimate of drug-likeness (QED) is 0.850. The van der Waals surface area contributed by atoms with Crippen LogP contribution in [-0.4, -0.2) is 41.4 Å². The molecule has 0 aliphatic carbocycles. The Morgan fingerprint density at radius 2 is 2.22 bits per heavy atom. The van der Waals surface area contributed by atoms with Crippen LogP contribution in [0.15, 0.2) is 18.2 Å². The van der Waals surface area contributed by atoms with E-state index in [1.54, 1.807) is 24.1 Å². The molecule has 1 unspecified atom stereocenters. The number of nitrogens with zero attached hydrogens (tertiary/aromatic N) is 1. The SMILES string of the molecule is COc1ccc(C(=O)N(C)CCC(C)Br)c(O)c1. The zero-order valence-electron chi connectivity index (χ0n) is 10.8. The number of halogens is 1. The van der Waals surface area contributed by atoms with E-state index in [1.165, 1.54) is 13.2 Å². The summed E-state index contributed by atoms with van der Waals surface area (Å²) < 4.78 is 4.98. The molecule has 0 spiro atoms. The van der Waals surface area contributed by atoms with Crippen molar-refractivity contribution in [3.8, 4) is 11.5 Å². The van der Waals surface area contributed by atoms with Crippen molar-refractivity contribution in [2.45, 2.75) is 18.2 Å². The molecule has 0 aromatic heterocycles. The number of phenols is 1. The first-order valence-corrected chi connectivity index (χ1v) is 6.63. The number of aromatic hydroxyl groups is 1. The highest BCUT2D eigenvalue weighted by Crippen LogP contribution is 2.24. The van der Waals surface area contributed by atoms with E-state index in [4.69, 9.17) is 4.74 Å². The minimum Gasteiger partial charge on any atom is -0.507 e. The summed E-state index contributed by atoms with van der Waals surface area (Å²) in [5, 5.41) is 9.78. The lowest BCUT2D eigenvalue weighted by atomic mass is 10.1. The van der Waals surface area contributed by atoms with Gasteiger partial charge in [0.25, 0.3) is 5.91 Å². The third-order valence-corrected chi connectivity index (χ3v) is 3.10. The number of amides is 1. The first-order chi connectivity index (χ1) is 8.45. The van der Waals surface area contributed by atoms with Gasteiger partial charge in [0.2, 0.25) is 0 Å². The molecule has 0 bridgehead atoms. The summed E-state index contributed by atoms with van der Waals surface area (Å²) in [5.74, 6) is 0.280. The molecule has 1 N–H and O–H groups in total. The topological polar surface area (TPSA) is 49.8 Å². The lowest BCUT2D eigenvalue weighted by Gasteiger charge is -2.18. The Labute approximate surface area is 116 Å². The predicted molar refractivity (Wildman–Crippen MR) is 74.6 cm³/mol. The summed E-state index contributed by atoms with van der Waals surface area (Å²) in [4.78, 5) is 14.0. The summed E-state index contributed by atoms with van der Waals surface area (Å²) in [6, 6.07) is 4.67. The van der Waals surface area contributed by atoms with Crippen LogP contribution in [0.4, 0.5) is 0 Å². The molecule has 0 fully saturated rings. The van der Waals surface area contributed by atoms with Crippen LogP contribution in [-0.2, 0) is 0 Å². The van der Waals surface area contributed by atoms with Gasteiger partial charge in [-0.15, -0.1) is 0 Å². The Kier molecular flexibility index (Phi) is 5.47. The van der Waals surface area contributed by atoms with Crippen LogP contribution >= 0.6 is 15.9 Å². The summed E-state index contributed by atoms with van der Waals surface area (Å²) in [6.07, 6.45) is 0.860. The van der Waals surface area contributed by atoms with E-state index in [1.807, 2.05) is 6.92 Å². The van der Waals surface area contributed by atoms with Crippen LogP contribution in [0.2, 0.25) is 0 Å². The number of hydrogen-bond donors (Lipinski definition) is 1. The summed E-state index contributed by atoms with van der Waals surface area (Å²) in [6.45, 7) is 2.67. The van der Waals surface area contributed by atoms with Gasteiger partial charge < -0.3 is 14.7 Å². The van der Waals surface area contributed by atoms with Gasteiger partial charge in [0.05, 0.1) is 12.7 Å². The van der Waals surface area contributed by atoms with E-state index in [-0.39, 0.29) is 11.7 Å². The minimum atomic E-state index is -0.191. The number of phenolic OH excluding ortho intramolecular Hbond substituents is 1. The molecule has 1 aromatic carbocycles. The van der Waals surface area contributed by atoms with Gasteiger partial charge in [0.1, 0.15) is 11.5 Å². The van der Waals surface area contributed by atoms with E-state index >= 15 is 0 Å². The molecule has 0 aliphatic heterocycles. The Bertz CT molecular complexity index is 421. The number of hydrogen-bond acceptors (Lipinski definition) is 3. The molecule has 0 saturated heterocycles. The third kappa shape index (κ3) is 3.91. The molecule has 0 aliphatic rings. The van der Waals surface area contributed by atoms with Crippen LogP contribution in [0.3, 0.4) is 0 Å². The maximum absolute atomic E-state index is 12.1. The van der Waals surface area contributed by atoms with Crippen LogP contribution in [0.25, 0.3) is 0 Å². The van der Waals surface area contributed by atoms with Gasteiger partial charge in [0, 0.05) is 24.5 Å². The van der Waals surface area contributed by atoms with Crippen molar-refractivity contribution in [1.82, 2.24) is 4.90 Å². The molecular weight excluding hydrogens is 298 g/mol. The van der Waals surface area contributed by atoms with Crippen molar-refractivity contribution in [2.24, 2.45) is 0 Å². The van der Waals surface area contributed by atoms with Crippen LogP contribution in [0, 0.1) is 0 Å². The van der Waals surface area contributed by atoms with Crippen molar-refractivity contribution in [2.75, 3.05) is 20.7 Å². The molecule has 100 valence electrons. The number of benzene rings is 1. The van der Waals surface area contributed by atoms with Crippen LogP contribution in [0.5, 0.6) is 11.5 Å². The highest BCUT2D eigenvalue weighted by Gasteiger charge is 2.16. The molecule has 1 rings (SSSR count). The summed E-state index contributed by atoms with van der Waals surface area (Å²) in [5.41, 5.74) is 0.292. The first kappa shape index (κ1) is 14.8. The molecule has 5 heteroatoms. The monoisotopic (exact) mass is 315 g/mol. The van der Waals surface area contributed by atoms with Gasteiger partial charge in [-0.3, -0.25) is 4.79 Å².